The fraction of sp³-hybridized carbons (Fsp3) is 0.167. The smallest absolute Gasteiger partial charge is 0.243 e. The van der Waals surface area contributed by atoms with Crippen LogP contribution < -0.4 is 5.32 Å². The van der Waals surface area contributed by atoms with E-state index in [-0.39, 0.29) is 6.04 Å². The summed E-state index contributed by atoms with van der Waals surface area (Å²) in [5.41, 5.74) is 1.61. The van der Waals surface area contributed by atoms with E-state index in [4.69, 9.17) is 0 Å². The number of nitrogens with zero attached hydrogens (tertiary/aromatic N) is 4. The molecule has 1 unspecified atom stereocenters. The SMILES string of the molecule is CC(Nc1nnc2ccccc2n1)c1ncc[nH]1. The molecule has 18 heavy (non-hydrogen) atoms. The van der Waals surface area contributed by atoms with Crippen LogP contribution in [0, 0.1) is 0 Å². The third-order valence-electron chi connectivity index (χ3n) is 2.64. The molecule has 1 atom stereocenters. The summed E-state index contributed by atoms with van der Waals surface area (Å²) in [7, 11) is 0. The Morgan fingerprint density at radius 3 is 2.78 bits per heavy atom. The molecule has 0 fully saturated rings. The van der Waals surface area contributed by atoms with Gasteiger partial charge in [-0.15, -0.1) is 10.2 Å². The molecule has 2 aromatic heterocycles. The predicted octanol–water partition coefficient (Wildman–Crippen LogP) is 1.92. The number of anilines is 1. The quantitative estimate of drug-likeness (QED) is 0.731. The Kier molecular flexibility index (Phi) is 2.60. The van der Waals surface area contributed by atoms with Crippen LogP contribution in [-0.4, -0.2) is 25.1 Å². The number of imidazole rings is 1. The van der Waals surface area contributed by atoms with Gasteiger partial charge in [-0.2, -0.15) is 0 Å². The van der Waals surface area contributed by atoms with Gasteiger partial charge in [-0.3, -0.25) is 0 Å². The van der Waals surface area contributed by atoms with Gasteiger partial charge >= 0.3 is 0 Å². The van der Waals surface area contributed by atoms with E-state index in [0.29, 0.717) is 5.95 Å². The standard InChI is InChI=1S/C12H12N6/c1-8(11-13-6-7-14-11)15-12-16-9-4-2-3-5-10(9)17-18-12/h2-8H,1H3,(H,13,14)(H,15,16,18). The third kappa shape index (κ3) is 2.00. The van der Waals surface area contributed by atoms with Crippen LogP contribution in [0.5, 0.6) is 0 Å². The maximum atomic E-state index is 4.40. The molecular formula is C12H12N6. The number of rotatable bonds is 3. The number of aromatic nitrogens is 5. The van der Waals surface area contributed by atoms with Gasteiger partial charge < -0.3 is 10.3 Å². The van der Waals surface area contributed by atoms with Crippen molar-refractivity contribution < 1.29 is 0 Å². The van der Waals surface area contributed by atoms with Crippen molar-refractivity contribution in [1.82, 2.24) is 25.1 Å². The van der Waals surface area contributed by atoms with Gasteiger partial charge in [0, 0.05) is 12.4 Å². The molecule has 0 amide bonds. The Hall–Kier alpha value is -2.50. The van der Waals surface area contributed by atoms with Crippen molar-refractivity contribution in [2.45, 2.75) is 13.0 Å². The molecule has 0 aliphatic rings. The lowest BCUT2D eigenvalue weighted by atomic mass is 10.3. The number of fused-ring (bicyclic) bond motifs is 1. The van der Waals surface area contributed by atoms with Crippen molar-refractivity contribution >= 4 is 17.0 Å². The minimum atomic E-state index is 0.00274. The summed E-state index contributed by atoms with van der Waals surface area (Å²) in [4.78, 5) is 11.6. The lowest BCUT2D eigenvalue weighted by molar-refractivity contribution is 0.790. The van der Waals surface area contributed by atoms with Gasteiger partial charge in [-0.1, -0.05) is 12.1 Å². The highest BCUT2D eigenvalue weighted by molar-refractivity contribution is 5.74. The van der Waals surface area contributed by atoms with Crippen molar-refractivity contribution in [3.63, 3.8) is 0 Å². The minimum Gasteiger partial charge on any atom is -0.347 e. The van der Waals surface area contributed by atoms with Crippen molar-refractivity contribution in [3.05, 3.63) is 42.5 Å². The average Bonchev–Trinajstić information content (AvgIpc) is 2.92. The second-order valence-corrected chi connectivity index (χ2v) is 3.96. The normalized spacial score (nSPS) is 12.5. The van der Waals surface area contributed by atoms with Crippen LogP contribution in [0.15, 0.2) is 36.7 Å². The van der Waals surface area contributed by atoms with Crippen molar-refractivity contribution in [1.29, 1.82) is 0 Å². The predicted molar refractivity (Wildman–Crippen MR) is 68.0 cm³/mol. The number of H-pyrrole nitrogens is 1. The fourth-order valence-corrected chi connectivity index (χ4v) is 1.72. The largest absolute Gasteiger partial charge is 0.347 e. The molecule has 0 aliphatic heterocycles. The van der Waals surface area contributed by atoms with E-state index in [1.807, 2.05) is 31.2 Å². The molecule has 2 heterocycles. The molecule has 0 bridgehead atoms. The number of nitrogens with one attached hydrogen (secondary N) is 2. The third-order valence-corrected chi connectivity index (χ3v) is 2.64. The molecule has 0 aliphatic carbocycles. The number of aromatic amines is 1. The highest BCUT2D eigenvalue weighted by atomic mass is 15.2. The zero-order valence-electron chi connectivity index (χ0n) is 9.83. The monoisotopic (exact) mass is 240 g/mol. The first kappa shape index (κ1) is 10.6. The van der Waals surface area contributed by atoms with E-state index in [9.17, 15) is 0 Å². The van der Waals surface area contributed by atoms with Gasteiger partial charge in [-0.05, 0) is 19.1 Å². The van der Waals surface area contributed by atoms with E-state index in [0.717, 1.165) is 16.9 Å². The molecule has 0 spiro atoms. The van der Waals surface area contributed by atoms with Gasteiger partial charge in [0.15, 0.2) is 0 Å². The molecule has 2 N–H and O–H groups in total. The van der Waals surface area contributed by atoms with Crippen LogP contribution in [0.1, 0.15) is 18.8 Å². The molecular weight excluding hydrogens is 228 g/mol. The second kappa shape index (κ2) is 4.40. The summed E-state index contributed by atoms with van der Waals surface area (Å²) in [6, 6.07) is 7.64. The highest BCUT2D eigenvalue weighted by Crippen LogP contribution is 2.14. The topological polar surface area (TPSA) is 79.4 Å². The molecule has 0 radical (unpaired) electrons. The Labute approximate surface area is 104 Å². The Morgan fingerprint density at radius 1 is 1.17 bits per heavy atom. The van der Waals surface area contributed by atoms with Crippen LogP contribution >= 0.6 is 0 Å². The number of hydrogen-bond donors (Lipinski definition) is 2. The van der Waals surface area contributed by atoms with Gasteiger partial charge in [-0.25, -0.2) is 9.97 Å². The lowest BCUT2D eigenvalue weighted by Gasteiger charge is -2.10. The van der Waals surface area contributed by atoms with Crippen molar-refractivity contribution in [3.8, 4) is 0 Å². The van der Waals surface area contributed by atoms with Crippen LogP contribution in [0.25, 0.3) is 11.0 Å². The summed E-state index contributed by atoms with van der Waals surface area (Å²) in [6.45, 7) is 1.98. The molecule has 1 aromatic carbocycles. The molecule has 3 aromatic rings. The molecule has 3 rings (SSSR count). The summed E-state index contributed by atoms with van der Waals surface area (Å²) in [6.07, 6.45) is 3.50. The zero-order chi connectivity index (χ0) is 12.4. The fourth-order valence-electron chi connectivity index (χ4n) is 1.72. The van der Waals surface area contributed by atoms with Crippen LogP contribution in [0.2, 0.25) is 0 Å². The van der Waals surface area contributed by atoms with E-state index < -0.39 is 0 Å². The van der Waals surface area contributed by atoms with Gasteiger partial charge in [0.1, 0.15) is 11.3 Å². The first-order chi connectivity index (χ1) is 8.83. The molecule has 0 saturated carbocycles. The first-order valence-electron chi connectivity index (χ1n) is 5.68. The maximum absolute atomic E-state index is 4.40. The summed E-state index contributed by atoms with van der Waals surface area (Å²) >= 11 is 0. The van der Waals surface area contributed by atoms with Crippen LogP contribution in [-0.2, 0) is 0 Å². The summed E-state index contributed by atoms with van der Waals surface area (Å²) < 4.78 is 0. The lowest BCUT2D eigenvalue weighted by Crippen LogP contribution is -2.11. The first-order valence-corrected chi connectivity index (χ1v) is 5.68. The minimum absolute atomic E-state index is 0.00274. The zero-order valence-corrected chi connectivity index (χ0v) is 9.83. The van der Waals surface area contributed by atoms with E-state index >= 15 is 0 Å². The Balaban J connectivity index is 1.86. The Morgan fingerprint density at radius 2 is 2.00 bits per heavy atom. The van der Waals surface area contributed by atoms with E-state index in [2.05, 4.69) is 30.5 Å². The summed E-state index contributed by atoms with van der Waals surface area (Å²) in [5, 5.41) is 11.3. The number of benzene rings is 1. The van der Waals surface area contributed by atoms with Gasteiger partial charge in [0.2, 0.25) is 5.95 Å². The highest BCUT2D eigenvalue weighted by Gasteiger charge is 2.09. The number of hydrogen-bond acceptors (Lipinski definition) is 5. The second-order valence-electron chi connectivity index (χ2n) is 3.96. The maximum Gasteiger partial charge on any atom is 0.243 e. The number of para-hydroxylation sites is 1. The van der Waals surface area contributed by atoms with E-state index in [1.165, 1.54) is 0 Å². The van der Waals surface area contributed by atoms with Crippen molar-refractivity contribution in [2.24, 2.45) is 0 Å². The van der Waals surface area contributed by atoms with Gasteiger partial charge in [0.05, 0.1) is 11.6 Å². The van der Waals surface area contributed by atoms with Gasteiger partial charge in [0.25, 0.3) is 0 Å². The van der Waals surface area contributed by atoms with Crippen LogP contribution in [0.4, 0.5) is 5.95 Å². The molecule has 0 saturated heterocycles. The molecule has 6 heteroatoms. The summed E-state index contributed by atoms with van der Waals surface area (Å²) in [5.74, 6) is 1.34. The van der Waals surface area contributed by atoms with Crippen LogP contribution in [0.3, 0.4) is 0 Å². The van der Waals surface area contributed by atoms with Crippen molar-refractivity contribution in [2.75, 3.05) is 5.32 Å². The molecule has 6 nitrogen and oxygen atoms in total. The Bertz CT molecular complexity index is 648. The van der Waals surface area contributed by atoms with E-state index in [1.54, 1.807) is 12.4 Å². The molecule has 90 valence electrons. The average molecular weight is 240 g/mol.